The molecule has 0 unspecified atom stereocenters. The molecular formula is C12H20N4O2S. The monoisotopic (exact) mass is 284 g/mol. The number of nitrogens with zero attached hydrogens (tertiary/aromatic N) is 3. The molecule has 2 N–H and O–H groups in total. The summed E-state index contributed by atoms with van der Waals surface area (Å²) in [6.45, 7) is 0.946. The van der Waals surface area contributed by atoms with Crippen molar-refractivity contribution in [3.8, 4) is 0 Å². The molecule has 0 aromatic carbocycles. The predicted molar refractivity (Wildman–Crippen MR) is 74.1 cm³/mol. The minimum absolute atomic E-state index is 0.0859. The van der Waals surface area contributed by atoms with Crippen LogP contribution in [-0.2, 0) is 4.79 Å². The van der Waals surface area contributed by atoms with E-state index in [2.05, 4.69) is 20.4 Å². The Morgan fingerprint density at radius 1 is 1.47 bits per heavy atom. The molecular weight excluding hydrogens is 264 g/mol. The Labute approximate surface area is 116 Å². The Hall–Kier alpha value is -1.05. The lowest BCUT2D eigenvalue weighted by molar-refractivity contribution is -0.118. The minimum Gasteiger partial charge on any atom is -0.395 e. The van der Waals surface area contributed by atoms with Crippen molar-refractivity contribution in [2.45, 2.75) is 38.1 Å². The molecule has 1 saturated carbocycles. The van der Waals surface area contributed by atoms with E-state index in [0.29, 0.717) is 24.3 Å². The lowest BCUT2D eigenvalue weighted by atomic mass is 9.94. The van der Waals surface area contributed by atoms with E-state index in [0.717, 1.165) is 12.8 Å². The summed E-state index contributed by atoms with van der Waals surface area (Å²) in [7, 11) is 0. The molecule has 0 radical (unpaired) electrons. The van der Waals surface area contributed by atoms with E-state index in [4.69, 9.17) is 5.11 Å². The van der Waals surface area contributed by atoms with E-state index in [-0.39, 0.29) is 12.5 Å². The van der Waals surface area contributed by atoms with Crippen molar-refractivity contribution >= 4 is 22.4 Å². The Morgan fingerprint density at radius 2 is 2.26 bits per heavy atom. The van der Waals surface area contributed by atoms with Gasteiger partial charge in [0.2, 0.25) is 11.0 Å². The standard InChI is InChI=1S/C12H20N4O2S/c17-7-6-16(10-4-2-1-3-5-10)8-11(18)14-12-15-13-9-19-12/h9-10,17H,1-8H2,(H,14,15,18). The van der Waals surface area contributed by atoms with Crippen LogP contribution in [-0.4, -0.2) is 51.8 Å². The Morgan fingerprint density at radius 3 is 2.89 bits per heavy atom. The van der Waals surface area contributed by atoms with E-state index in [9.17, 15) is 4.79 Å². The number of rotatable bonds is 6. The number of nitrogens with one attached hydrogen (secondary N) is 1. The number of carbonyl (C=O) groups is 1. The first-order valence-electron chi connectivity index (χ1n) is 6.70. The fourth-order valence-corrected chi connectivity index (χ4v) is 3.00. The van der Waals surface area contributed by atoms with Crippen molar-refractivity contribution < 1.29 is 9.90 Å². The van der Waals surface area contributed by atoms with Crippen molar-refractivity contribution in [3.05, 3.63) is 5.51 Å². The third kappa shape index (κ3) is 4.52. The number of hydrogen-bond acceptors (Lipinski definition) is 6. The first-order chi connectivity index (χ1) is 9.29. The first-order valence-corrected chi connectivity index (χ1v) is 7.58. The number of aliphatic hydroxyl groups excluding tert-OH is 1. The first kappa shape index (κ1) is 14.4. The lowest BCUT2D eigenvalue weighted by Crippen LogP contribution is -2.43. The zero-order chi connectivity index (χ0) is 13.5. The average Bonchev–Trinajstić information content (AvgIpc) is 2.92. The van der Waals surface area contributed by atoms with Crippen LogP contribution in [0.5, 0.6) is 0 Å². The van der Waals surface area contributed by atoms with Gasteiger partial charge in [-0.1, -0.05) is 30.6 Å². The smallest absolute Gasteiger partial charge is 0.240 e. The number of amides is 1. The molecule has 1 aliphatic carbocycles. The topological polar surface area (TPSA) is 78.4 Å². The van der Waals surface area contributed by atoms with Gasteiger partial charge in [-0.3, -0.25) is 15.0 Å². The summed E-state index contributed by atoms with van der Waals surface area (Å²) >= 11 is 1.31. The van der Waals surface area contributed by atoms with Gasteiger partial charge in [-0.05, 0) is 12.8 Å². The summed E-state index contributed by atoms with van der Waals surface area (Å²) in [6, 6.07) is 0.418. The molecule has 1 fully saturated rings. The van der Waals surface area contributed by atoms with E-state index >= 15 is 0 Å². The van der Waals surface area contributed by atoms with Crippen molar-refractivity contribution in [2.24, 2.45) is 0 Å². The van der Waals surface area contributed by atoms with Crippen LogP contribution in [0.3, 0.4) is 0 Å². The molecule has 6 nitrogen and oxygen atoms in total. The summed E-state index contributed by atoms with van der Waals surface area (Å²) in [5, 5.41) is 19.9. The predicted octanol–water partition coefficient (Wildman–Crippen LogP) is 1.10. The summed E-state index contributed by atoms with van der Waals surface area (Å²) in [5.41, 5.74) is 1.59. The van der Waals surface area contributed by atoms with E-state index < -0.39 is 0 Å². The number of carbonyl (C=O) groups excluding carboxylic acids is 1. The van der Waals surface area contributed by atoms with Crippen molar-refractivity contribution in [3.63, 3.8) is 0 Å². The van der Waals surface area contributed by atoms with Gasteiger partial charge < -0.3 is 5.11 Å². The Balaban J connectivity index is 1.86. The highest BCUT2D eigenvalue weighted by molar-refractivity contribution is 7.13. The van der Waals surface area contributed by atoms with Crippen LogP contribution in [0.25, 0.3) is 0 Å². The second kappa shape index (κ2) is 7.52. The maximum Gasteiger partial charge on any atom is 0.240 e. The van der Waals surface area contributed by atoms with Gasteiger partial charge in [0.25, 0.3) is 0 Å². The third-order valence-electron chi connectivity index (χ3n) is 3.43. The second-order valence-electron chi connectivity index (χ2n) is 4.78. The summed E-state index contributed by atoms with van der Waals surface area (Å²) in [4.78, 5) is 14.0. The molecule has 0 saturated heterocycles. The van der Waals surface area contributed by atoms with Crippen molar-refractivity contribution in [1.29, 1.82) is 0 Å². The fourth-order valence-electron chi connectivity index (χ4n) is 2.54. The third-order valence-corrected chi connectivity index (χ3v) is 4.04. The average molecular weight is 284 g/mol. The molecule has 0 bridgehead atoms. The summed E-state index contributed by atoms with van der Waals surface area (Å²) in [5.74, 6) is -0.0872. The minimum atomic E-state index is -0.0872. The lowest BCUT2D eigenvalue weighted by Gasteiger charge is -2.33. The molecule has 1 aromatic heterocycles. The molecule has 0 aliphatic heterocycles. The van der Waals surface area contributed by atoms with E-state index in [1.807, 2.05) is 0 Å². The maximum atomic E-state index is 11.9. The Bertz CT molecular complexity index is 379. The quantitative estimate of drug-likeness (QED) is 0.818. The molecule has 1 amide bonds. The van der Waals surface area contributed by atoms with Crippen LogP contribution in [0, 0.1) is 0 Å². The van der Waals surface area contributed by atoms with Gasteiger partial charge in [-0.25, -0.2) is 0 Å². The van der Waals surface area contributed by atoms with Crippen LogP contribution < -0.4 is 5.32 Å². The van der Waals surface area contributed by atoms with Crippen LogP contribution in [0.15, 0.2) is 5.51 Å². The molecule has 1 aliphatic rings. The largest absolute Gasteiger partial charge is 0.395 e. The highest BCUT2D eigenvalue weighted by Crippen LogP contribution is 2.22. The van der Waals surface area contributed by atoms with Crippen molar-refractivity contribution in [2.75, 3.05) is 25.0 Å². The van der Waals surface area contributed by atoms with Crippen LogP contribution >= 0.6 is 11.3 Å². The SMILES string of the molecule is O=C(CN(CCO)C1CCCCC1)Nc1nncs1. The highest BCUT2D eigenvalue weighted by Gasteiger charge is 2.22. The van der Waals surface area contributed by atoms with Gasteiger partial charge >= 0.3 is 0 Å². The molecule has 0 atom stereocenters. The van der Waals surface area contributed by atoms with Gasteiger partial charge in [-0.15, -0.1) is 10.2 Å². The van der Waals surface area contributed by atoms with Crippen LogP contribution in [0.2, 0.25) is 0 Å². The molecule has 0 spiro atoms. The van der Waals surface area contributed by atoms with Crippen molar-refractivity contribution in [1.82, 2.24) is 15.1 Å². The molecule has 1 aromatic rings. The van der Waals surface area contributed by atoms with Gasteiger partial charge in [0.15, 0.2) is 0 Å². The molecule has 7 heteroatoms. The fraction of sp³-hybridized carbons (Fsp3) is 0.750. The van der Waals surface area contributed by atoms with Gasteiger partial charge in [0, 0.05) is 12.6 Å². The van der Waals surface area contributed by atoms with Gasteiger partial charge in [-0.2, -0.15) is 0 Å². The zero-order valence-electron chi connectivity index (χ0n) is 10.9. The Kier molecular flexibility index (Phi) is 5.68. The zero-order valence-corrected chi connectivity index (χ0v) is 11.7. The van der Waals surface area contributed by atoms with Gasteiger partial charge in [0.1, 0.15) is 5.51 Å². The number of aliphatic hydroxyl groups is 1. The summed E-state index contributed by atoms with van der Waals surface area (Å²) < 4.78 is 0. The van der Waals surface area contributed by atoms with Crippen LogP contribution in [0.4, 0.5) is 5.13 Å². The van der Waals surface area contributed by atoms with E-state index in [1.165, 1.54) is 30.6 Å². The van der Waals surface area contributed by atoms with Gasteiger partial charge in [0.05, 0.1) is 13.2 Å². The highest BCUT2D eigenvalue weighted by atomic mass is 32.1. The molecule has 1 heterocycles. The molecule has 106 valence electrons. The summed E-state index contributed by atoms with van der Waals surface area (Å²) in [6.07, 6.45) is 5.94. The maximum absolute atomic E-state index is 11.9. The number of aromatic nitrogens is 2. The normalized spacial score (nSPS) is 16.7. The molecule has 19 heavy (non-hydrogen) atoms. The number of hydrogen-bond donors (Lipinski definition) is 2. The van der Waals surface area contributed by atoms with E-state index in [1.54, 1.807) is 5.51 Å². The second-order valence-corrected chi connectivity index (χ2v) is 5.61. The van der Waals surface area contributed by atoms with Crippen LogP contribution in [0.1, 0.15) is 32.1 Å². The molecule has 2 rings (SSSR count). The number of anilines is 1.